The van der Waals surface area contributed by atoms with E-state index < -0.39 is 0 Å². The van der Waals surface area contributed by atoms with Gasteiger partial charge in [-0.15, -0.1) is 0 Å². The fourth-order valence-corrected chi connectivity index (χ4v) is 2.82. The maximum Gasteiger partial charge on any atom is 0.188 e. The molecule has 0 bridgehead atoms. The molecule has 0 spiro atoms. The molecule has 1 aromatic rings. The molecule has 4 N–H and O–H groups in total. The van der Waals surface area contributed by atoms with Gasteiger partial charge in [-0.1, -0.05) is 19.9 Å². The first kappa shape index (κ1) is 21.1. The lowest BCUT2D eigenvalue weighted by Crippen LogP contribution is -2.35. The van der Waals surface area contributed by atoms with Crippen LogP contribution < -0.4 is 20.5 Å². The quantitative estimate of drug-likeness (QED) is 0.421. The Balaban J connectivity index is 2.54. The number of aliphatic hydroxyl groups is 1. The van der Waals surface area contributed by atoms with E-state index in [0.717, 1.165) is 42.7 Å². The molecule has 0 saturated heterocycles. The SMILES string of the molecule is CCC(CC)(CCO)CN=C(N)NCCc1ccc(OC)c(OC)c1. The Labute approximate surface area is 151 Å². The maximum atomic E-state index is 9.26. The average molecular weight is 351 g/mol. The average Bonchev–Trinajstić information content (AvgIpc) is 2.65. The number of nitrogens with zero attached hydrogens (tertiary/aromatic N) is 1. The highest BCUT2D eigenvalue weighted by Gasteiger charge is 2.25. The largest absolute Gasteiger partial charge is 0.493 e. The van der Waals surface area contributed by atoms with Gasteiger partial charge in [-0.25, -0.2) is 0 Å². The number of nitrogens with one attached hydrogen (secondary N) is 1. The molecule has 6 heteroatoms. The van der Waals surface area contributed by atoms with Crippen LogP contribution >= 0.6 is 0 Å². The number of nitrogens with two attached hydrogens (primary N) is 1. The number of aliphatic hydroxyl groups excluding tert-OH is 1. The highest BCUT2D eigenvalue weighted by Crippen LogP contribution is 2.30. The van der Waals surface area contributed by atoms with Crippen molar-refractivity contribution in [2.75, 3.05) is 33.9 Å². The number of benzene rings is 1. The Morgan fingerprint density at radius 1 is 1.20 bits per heavy atom. The van der Waals surface area contributed by atoms with Crippen LogP contribution in [0.2, 0.25) is 0 Å². The van der Waals surface area contributed by atoms with Crippen molar-refractivity contribution in [3.05, 3.63) is 23.8 Å². The summed E-state index contributed by atoms with van der Waals surface area (Å²) in [6.45, 7) is 5.78. The van der Waals surface area contributed by atoms with Crippen LogP contribution in [0.4, 0.5) is 0 Å². The molecule has 0 atom stereocenters. The van der Waals surface area contributed by atoms with E-state index in [-0.39, 0.29) is 12.0 Å². The van der Waals surface area contributed by atoms with E-state index in [9.17, 15) is 5.11 Å². The molecule has 0 aliphatic carbocycles. The predicted molar refractivity (Wildman–Crippen MR) is 102 cm³/mol. The molecule has 0 fully saturated rings. The number of guanidine groups is 1. The van der Waals surface area contributed by atoms with Crippen molar-refractivity contribution in [3.63, 3.8) is 0 Å². The number of aliphatic imine (C=N–C) groups is 1. The minimum atomic E-state index is 0.0321. The Hall–Kier alpha value is -1.95. The molecule has 0 aliphatic rings. The summed E-state index contributed by atoms with van der Waals surface area (Å²) < 4.78 is 10.6. The zero-order valence-corrected chi connectivity index (χ0v) is 16.0. The van der Waals surface area contributed by atoms with E-state index in [1.807, 2.05) is 18.2 Å². The molecule has 25 heavy (non-hydrogen) atoms. The van der Waals surface area contributed by atoms with E-state index in [2.05, 4.69) is 24.2 Å². The van der Waals surface area contributed by atoms with Crippen LogP contribution in [0.1, 0.15) is 38.7 Å². The molecule has 0 radical (unpaired) electrons. The van der Waals surface area contributed by atoms with Gasteiger partial charge >= 0.3 is 0 Å². The summed E-state index contributed by atoms with van der Waals surface area (Å²) in [5.74, 6) is 1.89. The van der Waals surface area contributed by atoms with Crippen LogP contribution in [0.3, 0.4) is 0 Å². The first-order chi connectivity index (χ1) is 12.0. The molecule has 1 aromatic carbocycles. The van der Waals surface area contributed by atoms with Gasteiger partial charge in [-0.3, -0.25) is 4.99 Å². The van der Waals surface area contributed by atoms with Crippen LogP contribution in [0.15, 0.2) is 23.2 Å². The van der Waals surface area contributed by atoms with E-state index in [0.29, 0.717) is 19.0 Å². The van der Waals surface area contributed by atoms with Gasteiger partial charge in [-0.2, -0.15) is 0 Å². The summed E-state index contributed by atoms with van der Waals surface area (Å²) in [4.78, 5) is 4.48. The molecule has 0 unspecified atom stereocenters. The topological polar surface area (TPSA) is 89.1 Å². The number of hydrogen-bond donors (Lipinski definition) is 3. The van der Waals surface area contributed by atoms with Crippen molar-refractivity contribution in [2.24, 2.45) is 16.1 Å². The smallest absolute Gasteiger partial charge is 0.188 e. The van der Waals surface area contributed by atoms with Gasteiger partial charge in [0, 0.05) is 19.7 Å². The van der Waals surface area contributed by atoms with Gasteiger partial charge in [0.15, 0.2) is 17.5 Å². The second kappa shape index (κ2) is 10.8. The summed E-state index contributed by atoms with van der Waals surface area (Å²) in [6.07, 6.45) is 3.52. The van der Waals surface area contributed by atoms with Crippen molar-refractivity contribution in [1.29, 1.82) is 0 Å². The lowest BCUT2D eigenvalue weighted by Gasteiger charge is -2.29. The Kier molecular flexibility index (Phi) is 9.13. The zero-order chi connectivity index (χ0) is 18.7. The minimum Gasteiger partial charge on any atom is -0.493 e. The molecule has 0 aliphatic heterocycles. The summed E-state index contributed by atoms with van der Waals surface area (Å²) in [5.41, 5.74) is 7.15. The van der Waals surface area contributed by atoms with E-state index in [1.165, 1.54) is 0 Å². The number of ether oxygens (including phenoxy) is 2. The second-order valence-electron chi connectivity index (χ2n) is 6.25. The summed E-state index contributed by atoms with van der Waals surface area (Å²) >= 11 is 0. The lowest BCUT2D eigenvalue weighted by molar-refractivity contribution is 0.175. The highest BCUT2D eigenvalue weighted by molar-refractivity contribution is 5.77. The van der Waals surface area contributed by atoms with Gasteiger partial charge < -0.3 is 25.6 Å². The highest BCUT2D eigenvalue weighted by atomic mass is 16.5. The Bertz CT molecular complexity index is 543. The lowest BCUT2D eigenvalue weighted by atomic mass is 9.79. The fourth-order valence-electron chi connectivity index (χ4n) is 2.82. The third-order valence-corrected chi connectivity index (χ3v) is 4.89. The first-order valence-corrected chi connectivity index (χ1v) is 8.89. The normalized spacial score (nSPS) is 12.1. The monoisotopic (exact) mass is 351 g/mol. The van der Waals surface area contributed by atoms with Crippen LogP contribution in [0.25, 0.3) is 0 Å². The summed E-state index contributed by atoms with van der Waals surface area (Å²) in [5, 5.41) is 12.4. The summed E-state index contributed by atoms with van der Waals surface area (Å²) in [7, 11) is 3.25. The second-order valence-corrected chi connectivity index (χ2v) is 6.25. The van der Waals surface area contributed by atoms with Gasteiger partial charge in [0.25, 0.3) is 0 Å². The first-order valence-electron chi connectivity index (χ1n) is 8.89. The van der Waals surface area contributed by atoms with Gasteiger partial charge in [0.2, 0.25) is 0 Å². The minimum absolute atomic E-state index is 0.0321. The molecule has 6 nitrogen and oxygen atoms in total. The van der Waals surface area contributed by atoms with Crippen LogP contribution in [0.5, 0.6) is 11.5 Å². The predicted octanol–water partition coefficient (Wildman–Crippen LogP) is 2.34. The van der Waals surface area contributed by atoms with Crippen molar-refractivity contribution in [3.8, 4) is 11.5 Å². The number of rotatable bonds is 11. The van der Waals surface area contributed by atoms with E-state index >= 15 is 0 Å². The zero-order valence-electron chi connectivity index (χ0n) is 16.0. The summed E-state index contributed by atoms with van der Waals surface area (Å²) in [6, 6.07) is 5.88. The van der Waals surface area contributed by atoms with Gasteiger partial charge in [0.1, 0.15) is 0 Å². The molecule has 0 saturated carbocycles. The molecule has 0 aromatic heterocycles. The molecular formula is C19H33N3O3. The van der Waals surface area contributed by atoms with Crippen molar-refractivity contribution >= 4 is 5.96 Å². The molecule has 142 valence electrons. The van der Waals surface area contributed by atoms with E-state index in [1.54, 1.807) is 14.2 Å². The van der Waals surface area contributed by atoms with Crippen LogP contribution in [0, 0.1) is 5.41 Å². The third-order valence-electron chi connectivity index (χ3n) is 4.89. The van der Waals surface area contributed by atoms with Crippen LogP contribution in [-0.2, 0) is 6.42 Å². The van der Waals surface area contributed by atoms with Gasteiger partial charge in [-0.05, 0) is 48.8 Å². The molecular weight excluding hydrogens is 318 g/mol. The Morgan fingerprint density at radius 2 is 1.88 bits per heavy atom. The molecule has 0 amide bonds. The molecule has 0 heterocycles. The third kappa shape index (κ3) is 6.46. The van der Waals surface area contributed by atoms with Crippen molar-refractivity contribution in [2.45, 2.75) is 39.5 Å². The number of hydrogen-bond acceptors (Lipinski definition) is 4. The Morgan fingerprint density at radius 3 is 2.44 bits per heavy atom. The standard InChI is InChI=1S/C19H33N3O3/c1-5-19(6-2,10-12-23)14-22-18(20)21-11-9-15-7-8-16(24-3)17(13-15)25-4/h7-8,13,23H,5-6,9-12,14H2,1-4H3,(H3,20,21,22). The maximum absolute atomic E-state index is 9.26. The van der Waals surface area contributed by atoms with Gasteiger partial charge in [0.05, 0.1) is 14.2 Å². The van der Waals surface area contributed by atoms with Crippen LogP contribution in [-0.4, -0.2) is 45.0 Å². The van der Waals surface area contributed by atoms with Crippen molar-refractivity contribution < 1.29 is 14.6 Å². The number of methoxy groups -OCH3 is 2. The van der Waals surface area contributed by atoms with Crippen molar-refractivity contribution in [1.82, 2.24) is 5.32 Å². The molecule has 1 rings (SSSR count). The fraction of sp³-hybridized carbons (Fsp3) is 0.632. The van der Waals surface area contributed by atoms with E-state index in [4.69, 9.17) is 15.2 Å².